The Labute approximate surface area is 638 Å². The maximum Gasteiger partial charge on any atom is 0.335 e. The standard InChI is InChI=1S/C22H38N10O10.C22H36O11.C19H27N9O8/c23-30-27-3-6-37-9-12-40-17-15-22(36,21(35)26-2-1-19(33)34)16-18(41-13-10-38-7-4-28-31-24)20(17)42-14-11-39-8-5-29-32-25;1-25-4-7-28-10-13-31-19-16-18(22(23)24)17-20(32-14-11-29-8-5-26-2)21(19)33-15-12-30-9-6-27-3;20-26-23-1-4-31-7-10-34-16-13-15(19(29)30)14-17(35-11-8-32-5-2-24-27-21)18(16)36-12-9-33-6-3-25-28-22/h17-18,20,36H,1-16H2,(H,26,35)(H,33,34);16-17H,4-15H2,1-3H3,(H,23,24);13-14H,1-12H2,(H,29,30). The molecule has 2 aromatic rings. The summed E-state index contributed by atoms with van der Waals surface area (Å²) in [6.45, 7) is 7.32. The molecule has 1 aliphatic rings. The van der Waals surface area contributed by atoms with Crippen molar-refractivity contribution in [1.29, 1.82) is 0 Å². The molecule has 0 bridgehead atoms. The Morgan fingerprint density at radius 2 is 0.631 bits per heavy atom. The molecule has 0 radical (unpaired) electrons. The molecule has 0 saturated heterocycles. The van der Waals surface area contributed by atoms with Crippen LogP contribution < -0.4 is 33.7 Å². The fourth-order valence-corrected chi connectivity index (χ4v) is 8.74. The van der Waals surface area contributed by atoms with E-state index in [0.29, 0.717) is 59.5 Å². The maximum absolute atomic E-state index is 12.9. The zero-order chi connectivity index (χ0) is 81.3. The lowest BCUT2D eigenvalue weighted by molar-refractivity contribution is -0.210. The molecule has 48 nitrogen and oxygen atoms in total. The van der Waals surface area contributed by atoms with Crippen LogP contribution in [-0.2, 0) is 80.6 Å². The minimum absolute atomic E-state index is 0.00398. The van der Waals surface area contributed by atoms with Gasteiger partial charge in [0.15, 0.2) is 23.0 Å². The summed E-state index contributed by atoms with van der Waals surface area (Å²) in [5.74, 6) is -3.07. The number of aromatic carboxylic acids is 2. The van der Waals surface area contributed by atoms with Gasteiger partial charge in [-0.15, -0.1) is 0 Å². The summed E-state index contributed by atoms with van der Waals surface area (Å²) >= 11 is 0. The number of carbonyl (C=O) groups excluding carboxylic acids is 1. The first kappa shape index (κ1) is 99.3. The van der Waals surface area contributed by atoms with Gasteiger partial charge in [-0.2, -0.15) is 0 Å². The summed E-state index contributed by atoms with van der Waals surface area (Å²) in [5, 5.41) is 61.9. The normalized spacial score (nSPS) is 14.5. The Hall–Kier alpha value is -9.66. The minimum Gasteiger partial charge on any atom is -0.487 e. The van der Waals surface area contributed by atoms with Crippen molar-refractivity contribution in [3.8, 4) is 34.5 Å². The molecule has 0 aliphatic heterocycles. The molecule has 111 heavy (non-hydrogen) atoms. The number of benzene rings is 2. The molecule has 1 fully saturated rings. The highest BCUT2D eigenvalue weighted by molar-refractivity contribution is 5.90. The lowest BCUT2D eigenvalue weighted by Gasteiger charge is -2.44. The first-order valence-corrected chi connectivity index (χ1v) is 34.5. The first-order chi connectivity index (χ1) is 54.1. The second-order valence-electron chi connectivity index (χ2n) is 21.5. The maximum atomic E-state index is 12.9. The van der Waals surface area contributed by atoms with Crippen molar-refractivity contribution in [3.63, 3.8) is 0 Å². The van der Waals surface area contributed by atoms with Crippen molar-refractivity contribution in [2.75, 3.05) is 265 Å². The second-order valence-corrected chi connectivity index (χ2v) is 21.5. The van der Waals surface area contributed by atoms with Crippen LogP contribution in [0.3, 0.4) is 0 Å². The van der Waals surface area contributed by atoms with Gasteiger partial charge < -0.3 is 125 Å². The molecule has 1 saturated carbocycles. The Kier molecular flexibility index (Phi) is 62.2. The van der Waals surface area contributed by atoms with E-state index in [1.807, 2.05) is 0 Å². The van der Waals surface area contributed by atoms with E-state index in [2.05, 4.69) is 65.5 Å². The first-order valence-electron chi connectivity index (χ1n) is 34.5. The van der Waals surface area contributed by atoms with Crippen LogP contribution in [0.1, 0.15) is 40.0 Å². The van der Waals surface area contributed by atoms with E-state index in [1.54, 1.807) is 21.3 Å². The zero-order valence-electron chi connectivity index (χ0n) is 62.4. The minimum atomic E-state index is -1.97. The number of methoxy groups -OCH3 is 3. The van der Waals surface area contributed by atoms with Gasteiger partial charge in [0.2, 0.25) is 11.5 Å². The third kappa shape index (κ3) is 50.7. The van der Waals surface area contributed by atoms with Gasteiger partial charge >= 0.3 is 17.9 Å². The van der Waals surface area contributed by atoms with Crippen molar-refractivity contribution in [2.45, 2.75) is 43.2 Å². The number of aliphatic hydroxyl groups is 1. The third-order valence-corrected chi connectivity index (χ3v) is 13.6. The number of nitrogens with one attached hydrogen (secondary N) is 1. The number of aliphatic carboxylic acids is 1. The van der Waals surface area contributed by atoms with Crippen LogP contribution in [-0.4, -0.2) is 334 Å². The SMILES string of the molecule is COCCOCCOc1cc(C(=O)O)cc(OCCOCCOC)c1OCCOCCOC.[N-]=[N+]=NCCOCCOC1CC(O)(C(=O)NCCC(=O)O)CC(OCCOCCN=[N+]=[N-])C1OCCOCCN=[N+]=[N-].[N-]=[N+]=NCCOCCOc1cc(C(=O)O)cc(OCCOCCN=[N+]=[N-])c1OCCOCCN=[N+]=[N-]. The fourth-order valence-electron chi connectivity index (χ4n) is 8.74. The van der Waals surface area contributed by atoms with E-state index < -0.39 is 47.7 Å². The predicted octanol–water partition coefficient (Wildman–Crippen LogP) is 6.25. The molecule has 3 rings (SSSR count). The van der Waals surface area contributed by atoms with E-state index in [0.717, 1.165) is 0 Å². The molecule has 0 heterocycles. The zero-order valence-corrected chi connectivity index (χ0v) is 62.4. The number of carbonyl (C=O) groups is 4. The number of amides is 1. The number of hydrogen-bond acceptors (Lipinski definition) is 32. The molecule has 1 amide bonds. The summed E-state index contributed by atoms with van der Waals surface area (Å²) in [4.78, 5) is 62.9. The molecule has 48 heteroatoms. The Morgan fingerprint density at radius 3 is 0.892 bits per heavy atom. The van der Waals surface area contributed by atoms with Crippen molar-refractivity contribution < 1.29 is 139 Å². The third-order valence-electron chi connectivity index (χ3n) is 13.6. The Bertz CT molecular complexity index is 3050. The Balaban J connectivity index is 0.000000839. The number of rotatable bonds is 69. The van der Waals surface area contributed by atoms with Crippen LogP contribution in [0.4, 0.5) is 0 Å². The van der Waals surface area contributed by atoms with Gasteiger partial charge in [0.05, 0.1) is 188 Å². The highest BCUT2D eigenvalue weighted by Crippen LogP contribution is 2.41. The van der Waals surface area contributed by atoms with Crippen LogP contribution in [0, 0.1) is 0 Å². The summed E-state index contributed by atoms with van der Waals surface area (Å²) in [6.07, 6.45) is -3.16. The lowest BCUT2D eigenvalue weighted by Crippen LogP contribution is -2.61. The molecule has 5 N–H and O–H groups in total. The number of ether oxygens (including phenoxy) is 21. The summed E-state index contributed by atoms with van der Waals surface area (Å²) in [6, 6.07) is 5.37. The summed E-state index contributed by atoms with van der Waals surface area (Å²) in [5.41, 5.74) is 47.8. The highest BCUT2D eigenvalue weighted by atomic mass is 16.6. The molecule has 2 atom stereocenters. The van der Waals surface area contributed by atoms with Crippen LogP contribution >= 0.6 is 0 Å². The molecular weight excluding hydrogens is 1490 g/mol. The molecule has 2 unspecified atom stereocenters. The van der Waals surface area contributed by atoms with Gasteiger partial charge in [-0.05, 0) is 57.5 Å². The van der Waals surface area contributed by atoms with E-state index in [4.69, 9.17) is 138 Å². The largest absolute Gasteiger partial charge is 0.487 e. The van der Waals surface area contributed by atoms with Crippen molar-refractivity contribution in [2.24, 2.45) is 30.7 Å². The molecule has 2 aromatic carbocycles. The number of azide groups is 6. The van der Waals surface area contributed by atoms with Crippen LogP contribution in [0.2, 0.25) is 0 Å². The lowest BCUT2D eigenvalue weighted by atomic mass is 9.78. The number of carboxylic acid groups (broad SMARTS) is 3. The molecule has 622 valence electrons. The van der Waals surface area contributed by atoms with Crippen LogP contribution in [0.25, 0.3) is 62.7 Å². The van der Waals surface area contributed by atoms with Gasteiger partial charge in [0.25, 0.3) is 5.91 Å². The molecular formula is C63H101N19O29. The summed E-state index contributed by atoms with van der Waals surface area (Å²) in [7, 11) is 4.77. The average molecular weight is 1590 g/mol. The van der Waals surface area contributed by atoms with Gasteiger partial charge in [-0.1, -0.05) is 30.7 Å². The van der Waals surface area contributed by atoms with Gasteiger partial charge in [-0.25, -0.2) is 9.59 Å². The van der Waals surface area contributed by atoms with Gasteiger partial charge in [0.1, 0.15) is 51.3 Å². The topological polar surface area (TPSA) is 648 Å². The molecule has 0 spiro atoms. The van der Waals surface area contributed by atoms with E-state index in [9.17, 15) is 34.5 Å². The van der Waals surface area contributed by atoms with E-state index in [1.165, 1.54) is 24.3 Å². The smallest absolute Gasteiger partial charge is 0.335 e. The Morgan fingerprint density at radius 1 is 0.378 bits per heavy atom. The quantitative estimate of drug-likeness (QED) is 0.0211. The van der Waals surface area contributed by atoms with Gasteiger partial charge in [0, 0.05) is 109 Å². The average Bonchev–Trinajstić information content (AvgIpc) is 0.786. The second kappa shape index (κ2) is 69.5. The number of nitrogens with zero attached hydrogens (tertiary/aromatic N) is 18. The summed E-state index contributed by atoms with van der Waals surface area (Å²) < 4.78 is 115. The van der Waals surface area contributed by atoms with Crippen LogP contribution in [0.5, 0.6) is 34.5 Å². The van der Waals surface area contributed by atoms with Crippen molar-refractivity contribution in [3.05, 3.63) is 98.0 Å². The predicted molar refractivity (Wildman–Crippen MR) is 386 cm³/mol. The van der Waals surface area contributed by atoms with Gasteiger partial charge in [-0.3, -0.25) is 9.59 Å². The monoisotopic (exact) mass is 1590 g/mol. The number of hydrogen-bond donors (Lipinski definition) is 5. The highest BCUT2D eigenvalue weighted by Gasteiger charge is 2.51. The fraction of sp³-hybridized carbons (Fsp3) is 0.746. The van der Waals surface area contributed by atoms with E-state index >= 15 is 0 Å². The van der Waals surface area contributed by atoms with E-state index in [-0.39, 0.29) is 249 Å². The molecule has 0 aromatic heterocycles. The number of carboxylic acids is 3. The molecule has 1 aliphatic carbocycles. The van der Waals surface area contributed by atoms with Crippen LogP contribution in [0.15, 0.2) is 55.0 Å². The van der Waals surface area contributed by atoms with Crippen molar-refractivity contribution in [1.82, 2.24) is 5.32 Å². The van der Waals surface area contributed by atoms with Crippen molar-refractivity contribution >= 4 is 23.8 Å².